The van der Waals surface area contributed by atoms with E-state index in [1.54, 1.807) is 0 Å². The van der Waals surface area contributed by atoms with Crippen molar-refractivity contribution < 1.29 is 0 Å². The molecule has 1 heterocycles. The summed E-state index contributed by atoms with van der Waals surface area (Å²) in [5.74, 6) is -0.993. The number of hydrogen-bond acceptors (Lipinski definition) is 2. The average Bonchev–Trinajstić information content (AvgIpc) is 0.698. The van der Waals surface area contributed by atoms with Gasteiger partial charge in [-0.15, -0.1) is 0 Å². The van der Waals surface area contributed by atoms with Gasteiger partial charge in [-0.2, -0.15) is 10.5 Å². The van der Waals surface area contributed by atoms with Crippen molar-refractivity contribution in [1.82, 2.24) is 4.57 Å². The van der Waals surface area contributed by atoms with Crippen molar-refractivity contribution in [1.29, 1.82) is 10.5 Å². The topological polar surface area (TPSA) is 52.5 Å². The molecular weight excluding hydrogens is 1300 g/mol. The first kappa shape index (κ1) is 60.7. The van der Waals surface area contributed by atoms with E-state index in [4.69, 9.17) is 0 Å². The van der Waals surface area contributed by atoms with Crippen molar-refractivity contribution in [3.05, 3.63) is 480 Å². The maximum atomic E-state index is 10.4. The molecule has 3 nitrogen and oxygen atoms in total. The van der Waals surface area contributed by atoms with Gasteiger partial charge >= 0.3 is 0 Å². The highest BCUT2D eigenvalue weighted by Gasteiger charge is 2.46. The van der Waals surface area contributed by atoms with Crippen LogP contribution < -0.4 is 0 Å². The second-order valence-electron chi connectivity index (χ2n) is 30.4. The molecule has 4 unspecified atom stereocenters. The predicted molar refractivity (Wildman–Crippen MR) is 436 cm³/mol. The van der Waals surface area contributed by atoms with E-state index in [2.05, 4.69) is 356 Å². The van der Waals surface area contributed by atoms with Crippen LogP contribution in [0, 0.1) is 22.7 Å². The van der Waals surface area contributed by atoms with E-state index in [0.29, 0.717) is 11.1 Å². The molecule has 0 amide bonds. The maximum absolute atomic E-state index is 10.4. The average molecular weight is 1370 g/mol. The van der Waals surface area contributed by atoms with Crippen LogP contribution in [0.4, 0.5) is 0 Å². The first-order valence-electron chi connectivity index (χ1n) is 37.9. The van der Waals surface area contributed by atoms with E-state index in [9.17, 15) is 10.5 Å². The van der Waals surface area contributed by atoms with E-state index in [-0.39, 0.29) is 41.4 Å². The van der Waals surface area contributed by atoms with Crippen LogP contribution in [-0.4, -0.2) is 4.57 Å². The van der Waals surface area contributed by atoms with Crippen molar-refractivity contribution >= 4 is 21.8 Å². The fourth-order valence-electron chi connectivity index (χ4n) is 21.1. The molecular formula is C105H65N3. The lowest BCUT2D eigenvalue weighted by atomic mass is 9.59. The first-order valence-corrected chi connectivity index (χ1v) is 37.9. The van der Waals surface area contributed by atoms with Gasteiger partial charge < -0.3 is 4.57 Å². The zero-order chi connectivity index (χ0) is 71.0. The second-order valence-corrected chi connectivity index (χ2v) is 30.4. The summed E-state index contributed by atoms with van der Waals surface area (Å²) in [5, 5.41) is 23.2. The van der Waals surface area contributed by atoms with E-state index in [1.165, 1.54) is 183 Å². The molecule has 17 aromatic rings. The molecule has 0 saturated carbocycles. The minimum atomic E-state index is -0.199. The Morgan fingerprint density at radius 3 is 0.935 bits per heavy atom. The summed E-state index contributed by atoms with van der Waals surface area (Å²) in [6.45, 7) is 0. The third-order valence-electron chi connectivity index (χ3n) is 25.3. The van der Waals surface area contributed by atoms with E-state index >= 15 is 0 Å². The number of rotatable bonds is 8. The minimum absolute atomic E-state index is 0.0634. The molecule has 0 saturated heterocycles. The van der Waals surface area contributed by atoms with Crippen LogP contribution >= 0.6 is 0 Å². The molecule has 6 aliphatic rings. The SMILES string of the molecule is N#Cc1ccc2c(c1)-c1ccccc1C2c1ccc2c(c1)C(c1ccccc1)c1cc(-c3c(C4c5ccccc5-c5ccccc54)cc(-n4c5ccccc5c5ccccc54)cc3C3c4ccccc4-c4ccccc43)cc3c1C2c1ccc(C2c4ccccc4-c4cc(C#N)ccc42)cc1C3c1ccccc1. The summed E-state index contributed by atoms with van der Waals surface area (Å²) in [6, 6.07) is 139. The molecule has 0 fully saturated rings. The second kappa shape index (κ2) is 23.4. The van der Waals surface area contributed by atoms with Crippen LogP contribution in [0.25, 0.3) is 83.1 Å². The first-order chi connectivity index (χ1) is 53.5. The number of fused-ring (bicyclic) bond motifs is 19. The summed E-state index contributed by atoms with van der Waals surface area (Å²) in [4.78, 5) is 0. The molecule has 0 spiro atoms. The minimum Gasteiger partial charge on any atom is -0.309 e. The third kappa shape index (κ3) is 8.65. The Kier molecular flexibility index (Phi) is 13.2. The highest BCUT2D eigenvalue weighted by molar-refractivity contribution is 6.09. The third-order valence-corrected chi connectivity index (χ3v) is 25.3. The summed E-state index contributed by atoms with van der Waals surface area (Å²) >= 11 is 0. The Bertz CT molecular complexity index is 6340. The number of aromatic nitrogens is 1. The molecule has 4 atom stereocenters. The number of hydrogen-bond donors (Lipinski definition) is 0. The van der Waals surface area contributed by atoms with Crippen molar-refractivity contribution in [2.75, 3.05) is 0 Å². The Balaban J connectivity index is 0.870. The van der Waals surface area contributed by atoms with Gasteiger partial charge in [-0.3, -0.25) is 0 Å². The monoisotopic (exact) mass is 1370 g/mol. The van der Waals surface area contributed by atoms with Gasteiger partial charge in [-0.25, -0.2) is 0 Å². The van der Waals surface area contributed by atoms with E-state index < -0.39 is 0 Å². The largest absolute Gasteiger partial charge is 0.309 e. The Morgan fingerprint density at radius 1 is 0.213 bits per heavy atom. The molecule has 16 aromatic carbocycles. The van der Waals surface area contributed by atoms with Gasteiger partial charge in [0.1, 0.15) is 0 Å². The molecule has 3 heteroatoms. The lowest BCUT2D eigenvalue weighted by Crippen LogP contribution is -2.28. The van der Waals surface area contributed by atoms with Gasteiger partial charge in [0.25, 0.3) is 0 Å². The van der Waals surface area contributed by atoms with E-state index in [0.717, 1.165) is 16.8 Å². The summed E-state index contributed by atoms with van der Waals surface area (Å²) in [5.41, 5.74) is 44.0. The molecule has 0 aliphatic heterocycles. The van der Waals surface area contributed by atoms with Crippen LogP contribution in [0.5, 0.6) is 0 Å². The number of para-hydroxylation sites is 2. The number of nitriles is 2. The smallest absolute Gasteiger partial charge is 0.0991 e. The Morgan fingerprint density at radius 2 is 0.537 bits per heavy atom. The van der Waals surface area contributed by atoms with Gasteiger partial charge in [-0.1, -0.05) is 291 Å². The molecule has 108 heavy (non-hydrogen) atoms. The normalized spacial score (nSPS) is 16.9. The number of nitrogens with zero attached hydrogens (tertiary/aromatic N) is 3. The molecule has 0 radical (unpaired) electrons. The van der Waals surface area contributed by atoms with Gasteiger partial charge in [0, 0.05) is 57.9 Å². The summed E-state index contributed by atoms with van der Waals surface area (Å²) < 4.78 is 2.56. The zero-order valence-electron chi connectivity index (χ0n) is 58.9. The standard InChI is InChI=1S/C105H65N3/c106-59-61-43-47-83-87(51-61)73-31-11-13-35-77(73)99(83)65-45-49-85-89(53-65)97(63-23-3-1-4-24-63)91-55-67(56-92-98(64-25-5-2-6-26-64)90-54-66(46-50-86(90)104(85)105(91)92)100-78-36-14-12-32-74(78)88-52-62(60-107)44-48-84(88)100)101-93(102-79-37-15-7-27-69(79)70-28-8-16-38-80(70)102)57-68(108-95-41-21-19-33-75(95)76-34-20-22-42-96(76)108)58-94(101)103-81-39-17-9-29-71(81)72-30-10-18-40-82(72)103/h1-58,97-100,102-104H. The highest BCUT2D eigenvalue weighted by Crippen LogP contribution is 2.63. The van der Waals surface area contributed by atoms with Crippen molar-refractivity contribution in [2.45, 2.75) is 41.4 Å². The van der Waals surface area contributed by atoms with Crippen molar-refractivity contribution in [3.63, 3.8) is 0 Å². The van der Waals surface area contributed by atoms with Crippen LogP contribution in [0.1, 0.15) is 169 Å². The van der Waals surface area contributed by atoms with Crippen LogP contribution in [-0.2, 0) is 0 Å². The molecule has 500 valence electrons. The molecule has 23 rings (SSSR count). The van der Waals surface area contributed by atoms with Crippen LogP contribution in [0.3, 0.4) is 0 Å². The fourth-order valence-corrected chi connectivity index (χ4v) is 21.1. The highest BCUT2D eigenvalue weighted by atomic mass is 15.0. The van der Waals surface area contributed by atoms with Crippen molar-refractivity contribution in [3.8, 4) is 73.5 Å². The van der Waals surface area contributed by atoms with Gasteiger partial charge in [0.2, 0.25) is 0 Å². The molecule has 1 aromatic heterocycles. The van der Waals surface area contributed by atoms with Crippen LogP contribution in [0.2, 0.25) is 0 Å². The molecule has 6 aliphatic carbocycles. The van der Waals surface area contributed by atoms with Crippen LogP contribution in [0.15, 0.2) is 352 Å². The lowest BCUT2D eigenvalue weighted by Gasteiger charge is -2.43. The van der Waals surface area contributed by atoms with Gasteiger partial charge in [0.05, 0.1) is 34.3 Å². The maximum Gasteiger partial charge on any atom is 0.0991 e. The Hall–Kier alpha value is -13.7. The predicted octanol–water partition coefficient (Wildman–Crippen LogP) is 25.0. The Labute approximate surface area is 627 Å². The zero-order valence-corrected chi connectivity index (χ0v) is 58.9. The summed E-state index contributed by atoms with van der Waals surface area (Å²) in [6.07, 6.45) is 0. The van der Waals surface area contributed by atoms with Gasteiger partial charge in [0.15, 0.2) is 0 Å². The van der Waals surface area contributed by atoms with Crippen molar-refractivity contribution in [2.24, 2.45) is 0 Å². The molecule has 0 bridgehead atoms. The molecule has 0 N–H and O–H groups in total. The fraction of sp³-hybridized carbons (Fsp3) is 0.0667. The quantitative estimate of drug-likeness (QED) is 0.152. The lowest BCUT2D eigenvalue weighted by molar-refractivity contribution is 0.750. The number of benzene rings is 16. The van der Waals surface area contributed by atoms with Gasteiger partial charge in [-0.05, 0) is 233 Å². The van der Waals surface area contributed by atoms with E-state index in [1.807, 2.05) is 12.1 Å². The summed E-state index contributed by atoms with van der Waals surface area (Å²) in [7, 11) is 0.